The van der Waals surface area contributed by atoms with E-state index in [0.29, 0.717) is 34.5 Å². The Kier molecular flexibility index (Phi) is 6.36. The number of hydrogen-bond acceptors (Lipinski definition) is 10. The first-order valence-electron chi connectivity index (χ1n) is 15.4. The maximum atomic E-state index is 13.1. The van der Waals surface area contributed by atoms with Crippen LogP contribution in [0.1, 0.15) is 59.5 Å². The predicted molar refractivity (Wildman–Crippen MR) is 169 cm³/mol. The molecule has 9 rings (SSSR count). The number of carbonyl (C=O) groups is 1. The standard InChI is InChI=1S/C34H34N8O3/c1-21-10-11-33(2)26-18-23(8-9-24(26)30(44)42(21)33)36-32-35-19-25(28(38-32)37-27(20-43)22-6-4-3-5-7-22)29-39-31(40-45-29)34-12-15-41(16-13-34)17-14-34/h3-11,18-19,27,43H,1,12-17,20H2,2H3,(H2,35,36,37,38)/t27-,33?/m1/s1. The molecule has 228 valence electrons. The first-order chi connectivity index (χ1) is 21.9. The molecular weight excluding hydrogens is 568 g/mol. The smallest absolute Gasteiger partial charge is 0.263 e. The van der Waals surface area contributed by atoms with E-state index in [0.717, 1.165) is 61.5 Å². The average Bonchev–Trinajstić information content (AvgIpc) is 3.75. The van der Waals surface area contributed by atoms with Crippen molar-refractivity contribution in [1.29, 1.82) is 0 Å². The van der Waals surface area contributed by atoms with Crippen LogP contribution in [0.3, 0.4) is 0 Å². The van der Waals surface area contributed by atoms with Gasteiger partial charge in [-0.1, -0.05) is 48.1 Å². The van der Waals surface area contributed by atoms with Crippen molar-refractivity contribution in [2.24, 2.45) is 0 Å². The van der Waals surface area contributed by atoms with Crippen molar-refractivity contribution >= 4 is 23.4 Å². The Morgan fingerprint density at radius 2 is 1.84 bits per heavy atom. The van der Waals surface area contributed by atoms with Gasteiger partial charge in [-0.05, 0) is 81.2 Å². The highest BCUT2D eigenvalue weighted by Gasteiger charge is 2.48. The van der Waals surface area contributed by atoms with Crippen molar-refractivity contribution in [1.82, 2.24) is 29.9 Å². The molecule has 5 aliphatic heterocycles. The van der Waals surface area contributed by atoms with E-state index in [1.54, 1.807) is 11.1 Å². The number of carbonyl (C=O) groups excluding carboxylic acids is 1. The largest absolute Gasteiger partial charge is 0.394 e. The number of piperidine rings is 3. The average molecular weight is 603 g/mol. The molecule has 2 bridgehead atoms. The fourth-order valence-electron chi connectivity index (χ4n) is 7.24. The lowest BCUT2D eigenvalue weighted by atomic mass is 9.71. The Balaban J connectivity index is 1.14. The molecule has 2 aromatic carbocycles. The topological polar surface area (TPSA) is 133 Å². The quantitative estimate of drug-likeness (QED) is 0.256. The molecule has 3 fully saturated rings. The van der Waals surface area contributed by atoms with Gasteiger partial charge in [-0.3, -0.25) is 9.69 Å². The maximum Gasteiger partial charge on any atom is 0.263 e. The summed E-state index contributed by atoms with van der Waals surface area (Å²) in [4.78, 5) is 31.7. The maximum absolute atomic E-state index is 13.1. The molecule has 2 atom stereocenters. The summed E-state index contributed by atoms with van der Waals surface area (Å²) in [6, 6.07) is 14.9. The molecule has 1 unspecified atom stereocenters. The van der Waals surface area contributed by atoms with Crippen LogP contribution in [-0.2, 0) is 11.0 Å². The number of aromatic nitrogens is 4. The number of fused-ring (bicyclic) bond motifs is 6. The highest BCUT2D eigenvalue weighted by Crippen LogP contribution is 2.47. The van der Waals surface area contributed by atoms with Gasteiger partial charge in [0.2, 0.25) is 5.95 Å². The molecule has 4 aromatic rings. The highest BCUT2D eigenvalue weighted by molar-refractivity contribution is 6.03. The molecule has 5 aliphatic rings. The molecule has 45 heavy (non-hydrogen) atoms. The molecule has 0 spiro atoms. The van der Waals surface area contributed by atoms with Crippen LogP contribution in [0.4, 0.5) is 17.5 Å². The normalized spacial score (nSPS) is 25.4. The van der Waals surface area contributed by atoms with Crippen molar-refractivity contribution in [2.45, 2.75) is 43.2 Å². The number of aliphatic hydroxyl groups is 1. The van der Waals surface area contributed by atoms with Gasteiger partial charge in [0.25, 0.3) is 11.8 Å². The highest BCUT2D eigenvalue weighted by atomic mass is 16.5. The number of aliphatic hydroxyl groups excluding tert-OH is 1. The van der Waals surface area contributed by atoms with E-state index < -0.39 is 11.6 Å². The zero-order valence-corrected chi connectivity index (χ0v) is 25.0. The summed E-state index contributed by atoms with van der Waals surface area (Å²) in [6.07, 6.45) is 8.60. The van der Waals surface area contributed by atoms with Crippen molar-refractivity contribution < 1.29 is 14.4 Å². The SMILES string of the molecule is C=C1C=CC2(C)c3cc(Nc4ncc(-c5nc(C67CCN(CC6)CC7)no5)c(N[C@H](CO)c5ccccc5)n4)ccc3C(=O)N12. The Morgan fingerprint density at radius 3 is 2.60 bits per heavy atom. The third-order valence-corrected chi connectivity index (χ3v) is 9.94. The van der Waals surface area contributed by atoms with Crippen LogP contribution in [-0.4, -0.2) is 67.2 Å². The lowest BCUT2D eigenvalue weighted by Crippen LogP contribution is -2.51. The fraction of sp³-hybridized carbons (Fsp3) is 0.324. The van der Waals surface area contributed by atoms with Crippen LogP contribution in [0.5, 0.6) is 0 Å². The number of anilines is 3. The molecule has 0 radical (unpaired) electrons. The summed E-state index contributed by atoms with van der Waals surface area (Å²) < 4.78 is 5.86. The number of rotatable bonds is 8. The molecule has 0 saturated carbocycles. The third-order valence-electron chi connectivity index (χ3n) is 9.94. The van der Waals surface area contributed by atoms with Gasteiger partial charge in [0.15, 0.2) is 5.82 Å². The first-order valence-corrected chi connectivity index (χ1v) is 15.4. The van der Waals surface area contributed by atoms with Gasteiger partial charge in [-0.15, -0.1) is 0 Å². The van der Waals surface area contributed by atoms with Crippen LogP contribution < -0.4 is 10.6 Å². The summed E-state index contributed by atoms with van der Waals surface area (Å²) in [5.74, 6) is 1.80. The summed E-state index contributed by atoms with van der Waals surface area (Å²) >= 11 is 0. The van der Waals surface area contributed by atoms with Gasteiger partial charge in [0.05, 0.1) is 18.2 Å². The Bertz CT molecular complexity index is 1830. The fourth-order valence-corrected chi connectivity index (χ4v) is 7.24. The first kappa shape index (κ1) is 27.7. The van der Waals surface area contributed by atoms with Gasteiger partial charge in [0, 0.05) is 28.6 Å². The monoisotopic (exact) mass is 602 g/mol. The summed E-state index contributed by atoms with van der Waals surface area (Å²) in [5, 5.41) is 21.5. The summed E-state index contributed by atoms with van der Waals surface area (Å²) in [5.41, 5.74) is 3.76. The van der Waals surface area contributed by atoms with E-state index in [1.165, 1.54) is 0 Å². The van der Waals surface area contributed by atoms with E-state index in [1.807, 2.05) is 67.6 Å². The lowest BCUT2D eigenvalue weighted by molar-refractivity contribution is 0.0747. The predicted octanol–water partition coefficient (Wildman–Crippen LogP) is 4.91. The third kappa shape index (κ3) is 4.45. The minimum atomic E-state index is -0.591. The second-order valence-electron chi connectivity index (χ2n) is 12.5. The van der Waals surface area contributed by atoms with Crippen molar-refractivity contribution in [3.63, 3.8) is 0 Å². The lowest BCUT2D eigenvalue weighted by Gasteiger charge is -2.46. The van der Waals surface area contributed by atoms with Gasteiger partial charge < -0.3 is 25.2 Å². The summed E-state index contributed by atoms with van der Waals surface area (Å²) in [7, 11) is 0. The molecule has 11 nitrogen and oxygen atoms in total. The Morgan fingerprint density at radius 1 is 1.07 bits per heavy atom. The Hall–Kier alpha value is -4.87. The second kappa shape index (κ2) is 10.4. The van der Waals surface area contributed by atoms with Crippen LogP contribution in [0, 0.1) is 0 Å². The molecule has 2 aromatic heterocycles. The number of benzene rings is 2. The van der Waals surface area contributed by atoms with E-state index >= 15 is 0 Å². The number of nitrogens with one attached hydrogen (secondary N) is 2. The van der Waals surface area contributed by atoms with E-state index in [9.17, 15) is 9.90 Å². The molecule has 7 heterocycles. The number of amides is 1. The number of allylic oxidation sites excluding steroid dienone is 1. The van der Waals surface area contributed by atoms with Crippen molar-refractivity contribution in [3.8, 4) is 11.5 Å². The molecule has 0 aliphatic carbocycles. The molecule has 3 N–H and O–H groups in total. The second-order valence-corrected chi connectivity index (χ2v) is 12.5. The molecular formula is C34H34N8O3. The van der Waals surface area contributed by atoms with E-state index in [2.05, 4.69) is 32.3 Å². The van der Waals surface area contributed by atoms with Crippen molar-refractivity contribution in [3.05, 3.63) is 102 Å². The minimum Gasteiger partial charge on any atom is -0.394 e. The Labute approximate surface area is 260 Å². The number of hydrogen-bond donors (Lipinski definition) is 3. The molecule has 3 saturated heterocycles. The summed E-state index contributed by atoms with van der Waals surface area (Å²) in [6.45, 7) is 9.04. The van der Waals surface area contributed by atoms with Gasteiger partial charge >= 0.3 is 0 Å². The zero-order chi connectivity index (χ0) is 30.8. The van der Waals surface area contributed by atoms with Crippen molar-refractivity contribution in [2.75, 3.05) is 36.9 Å². The zero-order valence-electron chi connectivity index (χ0n) is 25.0. The van der Waals surface area contributed by atoms with E-state index in [4.69, 9.17) is 14.5 Å². The van der Waals surface area contributed by atoms with Crippen LogP contribution in [0.15, 0.2) is 83.7 Å². The molecule has 11 heteroatoms. The van der Waals surface area contributed by atoms with Crippen LogP contribution >= 0.6 is 0 Å². The van der Waals surface area contributed by atoms with Gasteiger partial charge in [-0.2, -0.15) is 9.97 Å². The number of nitrogens with zero attached hydrogens (tertiary/aromatic N) is 6. The van der Waals surface area contributed by atoms with Gasteiger partial charge in [0.1, 0.15) is 11.4 Å². The van der Waals surface area contributed by atoms with Crippen LogP contribution in [0.25, 0.3) is 11.5 Å². The minimum absolute atomic E-state index is 0.0608. The van der Waals surface area contributed by atoms with Gasteiger partial charge in [-0.25, -0.2) is 4.98 Å². The van der Waals surface area contributed by atoms with E-state index in [-0.39, 0.29) is 17.9 Å². The van der Waals surface area contributed by atoms with Crippen LogP contribution in [0.2, 0.25) is 0 Å². The molecule has 1 amide bonds.